The Hall–Kier alpha value is -1.04. The first-order chi connectivity index (χ1) is 9.81. The summed E-state index contributed by atoms with van der Waals surface area (Å²) in [6.07, 6.45) is 0. The lowest BCUT2D eigenvalue weighted by molar-refractivity contribution is 0.207. The van der Waals surface area contributed by atoms with E-state index in [0.29, 0.717) is 12.5 Å². The predicted octanol–water partition coefficient (Wildman–Crippen LogP) is 2.48. The molecule has 2 N–H and O–H groups in total. The standard InChI is InChI=1S/C16H27F2N3/c1-12(2)10-21(9-8-20(3)4)11-15(19)13-6-5-7-14(17)16(13)18/h5-7,12,15H,8-11,19H2,1-4H3. The van der Waals surface area contributed by atoms with Crippen molar-refractivity contribution in [2.45, 2.75) is 19.9 Å². The van der Waals surface area contributed by atoms with Crippen molar-refractivity contribution in [1.29, 1.82) is 0 Å². The highest BCUT2D eigenvalue weighted by molar-refractivity contribution is 5.22. The van der Waals surface area contributed by atoms with Crippen LogP contribution in [0, 0.1) is 17.6 Å². The molecule has 0 aromatic heterocycles. The molecule has 0 radical (unpaired) electrons. The van der Waals surface area contributed by atoms with Crippen molar-refractivity contribution in [3.05, 3.63) is 35.4 Å². The van der Waals surface area contributed by atoms with Crippen LogP contribution in [0.15, 0.2) is 18.2 Å². The fraction of sp³-hybridized carbons (Fsp3) is 0.625. The Kier molecular flexibility index (Phi) is 7.22. The normalized spacial score (nSPS) is 13.4. The van der Waals surface area contributed by atoms with Gasteiger partial charge in [0, 0.05) is 37.8 Å². The number of nitrogens with two attached hydrogens (primary N) is 1. The van der Waals surface area contributed by atoms with Crippen molar-refractivity contribution in [2.75, 3.05) is 40.3 Å². The third kappa shape index (κ3) is 6.08. The molecule has 1 rings (SSSR count). The molecule has 0 heterocycles. The Labute approximate surface area is 126 Å². The van der Waals surface area contributed by atoms with E-state index in [2.05, 4.69) is 23.6 Å². The van der Waals surface area contributed by atoms with Gasteiger partial charge in [0.15, 0.2) is 11.6 Å². The monoisotopic (exact) mass is 299 g/mol. The summed E-state index contributed by atoms with van der Waals surface area (Å²) >= 11 is 0. The van der Waals surface area contributed by atoms with Crippen molar-refractivity contribution in [3.8, 4) is 0 Å². The van der Waals surface area contributed by atoms with Gasteiger partial charge in [-0.3, -0.25) is 4.90 Å². The Morgan fingerprint density at radius 2 is 1.76 bits per heavy atom. The molecule has 0 spiro atoms. The quantitative estimate of drug-likeness (QED) is 0.800. The molecule has 0 bridgehead atoms. The van der Waals surface area contributed by atoms with E-state index in [9.17, 15) is 8.78 Å². The Balaban J connectivity index is 2.74. The molecule has 1 atom stereocenters. The number of rotatable bonds is 8. The van der Waals surface area contributed by atoms with Gasteiger partial charge >= 0.3 is 0 Å². The number of nitrogens with zero attached hydrogens (tertiary/aromatic N) is 2. The molecular weight excluding hydrogens is 272 g/mol. The van der Waals surface area contributed by atoms with Gasteiger partial charge in [0.2, 0.25) is 0 Å². The summed E-state index contributed by atoms with van der Waals surface area (Å²) in [4.78, 5) is 4.31. The average molecular weight is 299 g/mol. The molecule has 120 valence electrons. The average Bonchev–Trinajstić information content (AvgIpc) is 2.38. The van der Waals surface area contributed by atoms with E-state index in [-0.39, 0.29) is 5.56 Å². The number of likely N-dealkylation sites (N-methyl/N-ethyl adjacent to an activating group) is 1. The number of hydrogen-bond donors (Lipinski definition) is 1. The van der Waals surface area contributed by atoms with Crippen molar-refractivity contribution in [1.82, 2.24) is 9.80 Å². The molecule has 0 fully saturated rings. The van der Waals surface area contributed by atoms with Gasteiger partial charge < -0.3 is 10.6 Å². The second-order valence-electron chi connectivity index (χ2n) is 6.21. The van der Waals surface area contributed by atoms with Gasteiger partial charge in [0.1, 0.15) is 0 Å². The van der Waals surface area contributed by atoms with Crippen LogP contribution in [0.3, 0.4) is 0 Å². The maximum atomic E-state index is 13.8. The van der Waals surface area contributed by atoms with Crippen molar-refractivity contribution >= 4 is 0 Å². The van der Waals surface area contributed by atoms with E-state index >= 15 is 0 Å². The third-order valence-electron chi connectivity index (χ3n) is 3.32. The van der Waals surface area contributed by atoms with Crippen LogP contribution < -0.4 is 5.73 Å². The SMILES string of the molecule is CC(C)CN(CCN(C)C)CC(N)c1cccc(F)c1F. The topological polar surface area (TPSA) is 32.5 Å². The zero-order valence-electron chi connectivity index (χ0n) is 13.4. The maximum absolute atomic E-state index is 13.8. The zero-order chi connectivity index (χ0) is 16.0. The van der Waals surface area contributed by atoms with Crippen molar-refractivity contribution < 1.29 is 8.78 Å². The molecule has 0 amide bonds. The Morgan fingerprint density at radius 1 is 1.10 bits per heavy atom. The van der Waals surface area contributed by atoms with Gasteiger partial charge in [0.25, 0.3) is 0 Å². The highest BCUT2D eigenvalue weighted by atomic mass is 19.2. The summed E-state index contributed by atoms with van der Waals surface area (Å²) in [6.45, 7) is 7.44. The number of halogens is 2. The first-order valence-electron chi connectivity index (χ1n) is 7.37. The summed E-state index contributed by atoms with van der Waals surface area (Å²) in [6, 6.07) is 3.65. The molecule has 0 aliphatic rings. The maximum Gasteiger partial charge on any atom is 0.163 e. The molecular formula is C16H27F2N3. The van der Waals surface area contributed by atoms with Crippen molar-refractivity contribution in [3.63, 3.8) is 0 Å². The second-order valence-corrected chi connectivity index (χ2v) is 6.21. The van der Waals surface area contributed by atoms with E-state index in [0.717, 1.165) is 25.7 Å². The smallest absolute Gasteiger partial charge is 0.163 e. The summed E-state index contributed by atoms with van der Waals surface area (Å²) in [5.41, 5.74) is 6.33. The Morgan fingerprint density at radius 3 is 2.33 bits per heavy atom. The van der Waals surface area contributed by atoms with Crippen LogP contribution in [0.2, 0.25) is 0 Å². The fourth-order valence-corrected chi connectivity index (χ4v) is 2.30. The number of hydrogen-bond acceptors (Lipinski definition) is 3. The number of benzene rings is 1. The van der Waals surface area contributed by atoms with Crippen LogP contribution in [0.1, 0.15) is 25.5 Å². The van der Waals surface area contributed by atoms with E-state index in [1.807, 2.05) is 14.1 Å². The molecule has 21 heavy (non-hydrogen) atoms. The minimum absolute atomic E-state index is 0.244. The highest BCUT2D eigenvalue weighted by Crippen LogP contribution is 2.19. The summed E-state index contributed by atoms with van der Waals surface area (Å²) in [5, 5.41) is 0. The van der Waals surface area contributed by atoms with E-state index < -0.39 is 17.7 Å². The Bertz CT molecular complexity index is 436. The van der Waals surface area contributed by atoms with Crippen LogP contribution in [-0.2, 0) is 0 Å². The molecule has 3 nitrogen and oxygen atoms in total. The fourth-order valence-electron chi connectivity index (χ4n) is 2.30. The molecule has 1 aromatic rings. The highest BCUT2D eigenvalue weighted by Gasteiger charge is 2.18. The third-order valence-corrected chi connectivity index (χ3v) is 3.32. The second kappa shape index (κ2) is 8.41. The molecule has 0 saturated carbocycles. The van der Waals surface area contributed by atoms with Gasteiger partial charge in [-0.25, -0.2) is 8.78 Å². The van der Waals surface area contributed by atoms with Crippen LogP contribution in [0.5, 0.6) is 0 Å². The van der Waals surface area contributed by atoms with Crippen LogP contribution >= 0.6 is 0 Å². The van der Waals surface area contributed by atoms with Gasteiger partial charge in [-0.2, -0.15) is 0 Å². The zero-order valence-corrected chi connectivity index (χ0v) is 13.4. The molecule has 0 aliphatic carbocycles. The predicted molar refractivity (Wildman–Crippen MR) is 83.1 cm³/mol. The summed E-state index contributed by atoms with van der Waals surface area (Å²) < 4.78 is 27.1. The van der Waals surface area contributed by atoms with Crippen molar-refractivity contribution in [2.24, 2.45) is 11.7 Å². The lowest BCUT2D eigenvalue weighted by atomic mass is 10.1. The molecule has 1 unspecified atom stereocenters. The van der Waals surface area contributed by atoms with Gasteiger partial charge in [-0.15, -0.1) is 0 Å². The van der Waals surface area contributed by atoms with Crippen LogP contribution in [-0.4, -0.2) is 50.1 Å². The molecule has 0 saturated heterocycles. The first-order valence-corrected chi connectivity index (χ1v) is 7.37. The molecule has 1 aromatic carbocycles. The van der Waals surface area contributed by atoms with Crippen LogP contribution in [0.25, 0.3) is 0 Å². The van der Waals surface area contributed by atoms with Gasteiger partial charge in [-0.1, -0.05) is 26.0 Å². The minimum atomic E-state index is -0.841. The molecule has 0 aliphatic heterocycles. The lowest BCUT2D eigenvalue weighted by Gasteiger charge is -2.28. The van der Waals surface area contributed by atoms with E-state index in [1.54, 1.807) is 6.07 Å². The van der Waals surface area contributed by atoms with Gasteiger partial charge in [0.05, 0.1) is 0 Å². The van der Waals surface area contributed by atoms with Gasteiger partial charge in [-0.05, 0) is 26.1 Å². The summed E-state index contributed by atoms with van der Waals surface area (Å²) in [7, 11) is 4.03. The van der Waals surface area contributed by atoms with E-state index in [4.69, 9.17) is 5.73 Å². The first kappa shape index (κ1) is 18.0. The van der Waals surface area contributed by atoms with Crippen LogP contribution in [0.4, 0.5) is 8.78 Å². The molecule has 5 heteroatoms. The summed E-state index contributed by atoms with van der Waals surface area (Å²) in [5.74, 6) is -1.18. The largest absolute Gasteiger partial charge is 0.323 e. The van der Waals surface area contributed by atoms with E-state index in [1.165, 1.54) is 6.07 Å². The lowest BCUT2D eigenvalue weighted by Crippen LogP contribution is -2.39. The minimum Gasteiger partial charge on any atom is -0.323 e.